The zero-order valence-corrected chi connectivity index (χ0v) is 15.8. The minimum absolute atomic E-state index is 0.0116. The number of benzene rings is 1. The quantitative estimate of drug-likeness (QED) is 0.807. The van der Waals surface area contributed by atoms with Crippen molar-refractivity contribution in [2.24, 2.45) is 11.8 Å². The van der Waals surface area contributed by atoms with Gasteiger partial charge in [0, 0.05) is 18.3 Å². The number of fused-ring (bicyclic) bond motifs is 1. The molecular weight excluding hydrogens is 342 g/mol. The summed E-state index contributed by atoms with van der Waals surface area (Å²) in [5.41, 5.74) is 1.29. The monoisotopic (exact) mass is 369 g/mol. The van der Waals surface area contributed by atoms with E-state index in [1.54, 1.807) is 24.3 Å². The van der Waals surface area contributed by atoms with Crippen molar-refractivity contribution in [3.8, 4) is 6.07 Å². The number of anilines is 1. The third kappa shape index (κ3) is 4.79. The van der Waals surface area contributed by atoms with Crippen LogP contribution in [0.1, 0.15) is 44.6 Å². The molecule has 3 atom stereocenters. The van der Waals surface area contributed by atoms with Gasteiger partial charge in [-0.1, -0.05) is 19.8 Å². The third-order valence-electron chi connectivity index (χ3n) is 5.87. The van der Waals surface area contributed by atoms with Crippen molar-refractivity contribution in [2.75, 3.05) is 25.0 Å². The van der Waals surface area contributed by atoms with E-state index in [4.69, 9.17) is 10.00 Å². The third-order valence-corrected chi connectivity index (χ3v) is 5.87. The number of piperidine rings is 1. The molecule has 0 aromatic heterocycles. The molecule has 2 aliphatic rings. The van der Waals surface area contributed by atoms with Gasteiger partial charge in [-0.3, -0.25) is 9.59 Å². The van der Waals surface area contributed by atoms with Crippen molar-refractivity contribution < 1.29 is 14.3 Å². The van der Waals surface area contributed by atoms with E-state index in [2.05, 4.69) is 12.2 Å². The van der Waals surface area contributed by atoms with Crippen molar-refractivity contribution in [1.82, 2.24) is 4.90 Å². The molecule has 27 heavy (non-hydrogen) atoms. The molecule has 2 fully saturated rings. The number of carbonyl (C=O) groups is 2. The van der Waals surface area contributed by atoms with Gasteiger partial charge in [-0.25, -0.2) is 0 Å². The summed E-state index contributed by atoms with van der Waals surface area (Å²) in [5, 5.41) is 11.7. The number of amides is 1. The SMILES string of the molecule is C[C@@H]1CCN(C(=O)COC(=O)CNc2ccc(C#N)cc2)[C@H]2CCCC[C@H]12. The van der Waals surface area contributed by atoms with Crippen LogP contribution in [0.5, 0.6) is 0 Å². The molecule has 0 unspecified atom stereocenters. The lowest BCUT2D eigenvalue weighted by Gasteiger charge is -2.47. The van der Waals surface area contributed by atoms with Crippen molar-refractivity contribution in [2.45, 2.75) is 45.1 Å². The lowest BCUT2D eigenvalue weighted by Crippen LogP contribution is -2.53. The van der Waals surface area contributed by atoms with Crippen LogP contribution in [0.15, 0.2) is 24.3 Å². The highest BCUT2D eigenvalue weighted by atomic mass is 16.5. The Hall–Kier alpha value is -2.55. The zero-order valence-electron chi connectivity index (χ0n) is 15.8. The Morgan fingerprint density at radius 3 is 2.70 bits per heavy atom. The molecule has 1 aliphatic carbocycles. The Bertz CT molecular complexity index is 710. The first-order valence-corrected chi connectivity index (χ1v) is 9.77. The fraction of sp³-hybridized carbons (Fsp3) is 0.571. The van der Waals surface area contributed by atoms with Gasteiger partial charge in [0.15, 0.2) is 6.61 Å². The lowest BCUT2D eigenvalue weighted by atomic mass is 9.72. The number of hydrogen-bond donors (Lipinski definition) is 1. The van der Waals surface area contributed by atoms with Crippen LogP contribution in [0.3, 0.4) is 0 Å². The van der Waals surface area contributed by atoms with E-state index in [0.717, 1.165) is 25.1 Å². The average Bonchev–Trinajstić information content (AvgIpc) is 2.71. The van der Waals surface area contributed by atoms with Crippen LogP contribution in [0.2, 0.25) is 0 Å². The topological polar surface area (TPSA) is 82.4 Å². The van der Waals surface area contributed by atoms with Gasteiger partial charge in [-0.05, 0) is 55.4 Å². The van der Waals surface area contributed by atoms with Crippen LogP contribution < -0.4 is 5.32 Å². The highest BCUT2D eigenvalue weighted by Crippen LogP contribution is 2.38. The van der Waals surface area contributed by atoms with Crippen molar-refractivity contribution in [3.63, 3.8) is 0 Å². The van der Waals surface area contributed by atoms with Crippen LogP contribution in [0, 0.1) is 23.2 Å². The first kappa shape index (κ1) is 19.2. The number of ether oxygens (including phenoxy) is 1. The second-order valence-electron chi connectivity index (χ2n) is 7.57. The predicted molar refractivity (Wildman–Crippen MR) is 102 cm³/mol. The van der Waals surface area contributed by atoms with Crippen molar-refractivity contribution >= 4 is 17.6 Å². The van der Waals surface area contributed by atoms with Crippen LogP contribution in [0.25, 0.3) is 0 Å². The second-order valence-corrected chi connectivity index (χ2v) is 7.57. The van der Waals surface area contributed by atoms with Crippen molar-refractivity contribution in [3.05, 3.63) is 29.8 Å². The van der Waals surface area contributed by atoms with E-state index in [1.165, 1.54) is 19.3 Å². The molecule has 1 aromatic rings. The minimum atomic E-state index is -0.460. The summed E-state index contributed by atoms with van der Waals surface area (Å²) in [4.78, 5) is 26.5. The molecule has 6 nitrogen and oxygen atoms in total. The molecule has 1 aliphatic heterocycles. The number of rotatable bonds is 5. The molecular formula is C21H27N3O3. The number of nitriles is 1. The molecule has 1 saturated heterocycles. The highest BCUT2D eigenvalue weighted by molar-refractivity contribution is 5.82. The number of likely N-dealkylation sites (tertiary alicyclic amines) is 1. The smallest absolute Gasteiger partial charge is 0.325 e. The van der Waals surface area contributed by atoms with Crippen LogP contribution in [0.4, 0.5) is 5.69 Å². The Labute approximate surface area is 160 Å². The Morgan fingerprint density at radius 2 is 1.96 bits per heavy atom. The maximum absolute atomic E-state index is 12.6. The summed E-state index contributed by atoms with van der Waals surface area (Å²) >= 11 is 0. The van der Waals surface area contributed by atoms with Gasteiger partial charge in [-0.2, -0.15) is 5.26 Å². The molecule has 144 valence electrons. The Kier molecular flexibility index (Phi) is 6.33. The minimum Gasteiger partial charge on any atom is -0.454 e. The molecule has 6 heteroatoms. The summed E-state index contributed by atoms with van der Waals surface area (Å²) in [6, 6.07) is 9.17. The van der Waals surface area contributed by atoms with E-state index in [0.29, 0.717) is 23.4 Å². The highest BCUT2D eigenvalue weighted by Gasteiger charge is 2.39. The number of nitrogens with one attached hydrogen (secondary N) is 1. The van der Waals surface area contributed by atoms with Crippen LogP contribution in [-0.2, 0) is 14.3 Å². The summed E-state index contributed by atoms with van der Waals surface area (Å²) in [6.45, 7) is 2.86. The molecule has 3 rings (SSSR count). The largest absolute Gasteiger partial charge is 0.454 e. The molecule has 0 spiro atoms. The fourth-order valence-electron chi connectivity index (χ4n) is 4.34. The van der Waals surface area contributed by atoms with Gasteiger partial charge in [-0.15, -0.1) is 0 Å². The standard InChI is InChI=1S/C21H27N3O3/c1-15-10-11-24(19-5-3-2-4-18(15)19)20(25)14-27-21(26)13-23-17-8-6-16(12-22)7-9-17/h6-9,15,18-19,23H,2-5,10-11,13-14H2,1H3/t15-,18-,19+/m1/s1. The van der Waals surface area contributed by atoms with Gasteiger partial charge in [0.1, 0.15) is 6.54 Å². The normalized spacial score (nSPS) is 24.4. The Balaban J connectivity index is 1.45. The number of esters is 1. The first-order valence-electron chi connectivity index (χ1n) is 9.77. The Morgan fingerprint density at radius 1 is 1.22 bits per heavy atom. The van der Waals surface area contributed by atoms with Gasteiger partial charge in [0.05, 0.1) is 11.6 Å². The van der Waals surface area contributed by atoms with Gasteiger partial charge >= 0.3 is 5.97 Å². The number of carbonyl (C=O) groups excluding carboxylic acids is 2. The predicted octanol–water partition coefficient (Wildman–Crippen LogP) is 2.94. The second kappa shape index (κ2) is 8.90. The molecule has 1 saturated carbocycles. The van der Waals surface area contributed by atoms with E-state index < -0.39 is 5.97 Å². The summed E-state index contributed by atoms with van der Waals surface area (Å²) in [7, 11) is 0. The maximum Gasteiger partial charge on any atom is 0.325 e. The molecule has 0 radical (unpaired) electrons. The van der Waals surface area contributed by atoms with E-state index in [-0.39, 0.29) is 19.1 Å². The molecule has 0 bridgehead atoms. The summed E-state index contributed by atoms with van der Waals surface area (Å²) in [6.07, 6.45) is 5.72. The van der Waals surface area contributed by atoms with E-state index in [1.807, 2.05) is 11.0 Å². The number of hydrogen-bond acceptors (Lipinski definition) is 5. The van der Waals surface area contributed by atoms with Crippen molar-refractivity contribution in [1.29, 1.82) is 5.26 Å². The van der Waals surface area contributed by atoms with Gasteiger partial charge in [0.2, 0.25) is 0 Å². The first-order chi connectivity index (χ1) is 13.1. The zero-order chi connectivity index (χ0) is 19.2. The summed E-state index contributed by atoms with van der Waals surface area (Å²) < 4.78 is 5.19. The van der Waals surface area contributed by atoms with Gasteiger partial charge < -0.3 is 15.0 Å². The molecule has 1 heterocycles. The van der Waals surface area contributed by atoms with Crippen LogP contribution >= 0.6 is 0 Å². The molecule has 1 N–H and O–H groups in total. The van der Waals surface area contributed by atoms with Gasteiger partial charge in [0.25, 0.3) is 5.91 Å². The lowest BCUT2D eigenvalue weighted by molar-refractivity contribution is -0.154. The fourth-order valence-corrected chi connectivity index (χ4v) is 4.34. The van der Waals surface area contributed by atoms with Crippen LogP contribution in [-0.4, -0.2) is 42.5 Å². The number of nitrogens with zero attached hydrogens (tertiary/aromatic N) is 2. The summed E-state index contributed by atoms with van der Waals surface area (Å²) in [5.74, 6) is 0.715. The van der Waals surface area contributed by atoms with E-state index >= 15 is 0 Å². The maximum atomic E-state index is 12.6. The molecule has 1 amide bonds. The average molecular weight is 369 g/mol. The molecule has 1 aromatic carbocycles. The van der Waals surface area contributed by atoms with E-state index in [9.17, 15) is 9.59 Å².